The van der Waals surface area contributed by atoms with Gasteiger partial charge in [-0.15, -0.1) is 0 Å². The van der Waals surface area contributed by atoms with E-state index < -0.39 is 17.8 Å². The molecule has 0 fully saturated rings. The fraction of sp³-hybridized carbons (Fsp3) is 0.188. The van der Waals surface area contributed by atoms with Crippen molar-refractivity contribution in [3.8, 4) is 0 Å². The van der Waals surface area contributed by atoms with Gasteiger partial charge >= 0.3 is 6.18 Å². The van der Waals surface area contributed by atoms with Crippen molar-refractivity contribution < 1.29 is 18.0 Å². The Morgan fingerprint density at radius 2 is 1.57 bits per heavy atom. The quantitative estimate of drug-likeness (QED) is 0.937. The molecular weight excluding hydrogens is 279 g/mol. The molecule has 0 aliphatic heterocycles. The Hall–Kier alpha value is -2.14. The summed E-state index contributed by atoms with van der Waals surface area (Å²) in [4.78, 5) is 12.0. The van der Waals surface area contributed by atoms with E-state index in [2.05, 4.69) is 0 Å². The van der Waals surface area contributed by atoms with Crippen LogP contribution in [0.25, 0.3) is 0 Å². The molecule has 0 saturated heterocycles. The third-order valence-corrected chi connectivity index (χ3v) is 3.17. The van der Waals surface area contributed by atoms with Crippen LogP contribution in [0.1, 0.15) is 22.7 Å². The Kier molecular flexibility index (Phi) is 4.43. The Labute approximate surface area is 120 Å². The predicted octanol–water partition coefficient (Wildman–Crippen LogP) is 3.52. The van der Waals surface area contributed by atoms with Crippen molar-refractivity contribution in [1.82, 2.24) is 0 Å². The van der Waals surface area contributed by atoms with E-state index in [0.717, 1.165) is 12.1 Å². The monoisotopic (exact) mass is 293 g/mol. The number of hydrogen-bond acceptors (Lipinski definition) is 2. The van der Waals surface area contributed by atoms with Gasteiger partial charge in [-0.2, -0.15) is 13.2 Å². The number of nitrogens with two attached hydrogens (primary N) is 1. The topological polar surface area (TPSA) is 43.1 Å². The van der Waals surface area contributed by atoms with E-state index in [1.54, 1.807) is 24.3 Å². The molecular formula is C16H14F3NO. The van der Waals surface area contributed by atoms with Gasteiger partial charge in [0, 0.05) is 6.42 Å². The number of hydrogen-bond donors (Lipinski definition) is 1. The molecule has 0 spiro atoms. The molecule has 0 bridgehead atoms. The average Bonchev–Trinajstić information content (AvgIpc) is 2.47. The average molecular weight is 293 g/mol. The first-order chi connectivity index (χ1) is 9.88. The fourth-order valence-electron chi connectivity index (χ4n) is 1.97. The minimum atomic E-state index is -4.37. The largest absolute Gasteiger partial charge is 0.416 e. The molecule has 0 aromatic heterocycles. The lowest BCUT2D eigenvalue weighted by atomic mass is 9.98. The number of rotatable bonds is 4. The molecule has 0 amide bonds. The van der Waals surface area contributed by atoms with Gasteiger partial charge in [0.1, 0.15) is 0 Å². The maximum Gasteiger partial charge on any atom is 0.416 e. The van der Waals surface area contributed by atoms with Crippen LogP contribution in [0.5, 0.6) is 0 Å². The first-order valence-electron chi connectivity index (χ1n) is 6.37. The van der Waals surface area contributed by atoms with Crippen LogP contribution in [-0.4, -0.2) is 5.78 Å². The highest BCUT2D eigenvalue weighted by Crippen LogP contribution is 2.29. The minimum Gasteiger partial charge on any atom is -0.318 e. The molecule has 0 saturated carbocycles. The fourth-order valence-corrected chi connectivity index (χ4v) is 1.97. The zero-order valence-corrected chi connectivity index (χ0v) is 11.1. The van der Waals surface area contributed by atoms with Crippen molar-refractivity contribution >= 4 is 5.78 Å². The summed E-state index contributed by atoms with van der Waals surface area (Å²) in [6.45, 7) is 0. The molecule has 110 valence electrons. The molecule has 0 heterocycles. The molecule has 2 N–H and O–H groups in total. The van der Waals surface area contributed by atoms with Crippen molar-refractivity contribution in [2.24, 2.45) is 5.73 Å². The van der Waals surface area contributed by atoms with Crippen LogP contribution in [0.3, 0.4) is 0 Å². The van der Waals surface area contributed by atoms with Crippen LogP contribution >= 0.6 is 0 Å². The second kappa shape index (κ2) is 6.10. The van der Waals surface area contributed by atoms with E-state index in [0.29, 0.717) is 11.1 Å². The summed E-state index contributed by atoms with van der Waals surface area (Å²) in [6, 6.07) is 12.6. The van der Waals surface area contributed by atoms with Gasteiger partial charge in [-0.3, -0.25) is 4.79 Å². The molecule has 0 radical (unpaired) electrons. The molecule has 21 heavy (non-hydrogen) atoms. The highest BCUT2D eigenvalue weighted by Gasteiger charge is 2.30. The molecule has 1 atom stereocenters. The van der Waals surface area contributed by atoms with Gasteiger partial charge in [0.2, 0.25) is 0 Å². The van der Waals surface area contributed by atoms with E-state index in [9.17, 15) is 18.0 Å². The molecule has 0 aliphatic carbocycles. The van der Waals surface area contributed by atoms with Gasteiger partial charge in [0.05, 0.1) is 11.6 Å². The van der Waals surface area contributed by atoms with Crippen molar-refractivity contribution in [3.05, 3.63) is 71.3 Å². The van der Waals surface area contributed by atoms with Crippen LogP contribution in [0, 0.1) is 0 Å². The summed E-state index contributed by atoms with van der Waals surface area (Å²) in [7, 11) is 0. The highest BCUT2D eigenvalue weighted by atomic mass is 19.4. The third-order valence-electron chi connectivity index (χ3n) is 3.17. The Balaban J connectivity index is 2.06. The normalized spacial score (nSPS) is 13.0. The lowest BCUT2D eigenvalue weighted by molar-refractivity contribution is -0.137. The number of carbonyl (C=O) groups is 1. The van der Waals surface area contributed by atoms with Crippen LogP contribution in [0.4, 0.5) is 13.2 Å². The zero-order chi connectivity index (χ0) is 15.5. The lowest BCUT2D eigenvalue weighted by Crippen LogP contribution is -2.23. The van der Waals surface area contributed by atoms with Gasteiger partial charge in [0.15, 0.2) is 5.78 Å². The number of benzene rings is 2. The summed E-state index contributed by atoms with van der Waals surface area (Å²) < 4.78 is 37.3. The summed E-state index contributed by atoms with van der Waals surface area (Å²) in [6.07, 6.45) is -4.36. The van der Waals surface area contributed by atoms with Crippen molar-refractivity contribution in [1.29, 1.82) is 0 Å². The maximum absolute atomic E-state index is 12.4. The van der Waals surface area contributed by atoms with Gasteiger partial charge < -0.3 is 5.73 Å². The van der Waals surface area contributed by atoms with E-state index >= 15 is 0 Å². The number of Topliss-reactive ketones (excluding diaryl/α,β-unsaturated/α-hetero) is 1. The second-order valence-electron chi connectivity index (χ2n) is 4.73. The molecule has 0 aliphatic rings. The smallest absolute Gasteiger partial charge is 0.318 e. The van der Waals surface area contributed by atoms with Crippen molar-refractivity contribution in [3.63, 3.8) is 0 Å². The lowest BCUT2D eigenvalue weighted by Gasteiger charge is -2.11. The van der Waals surface area contributed by atoms with Crippen LogP contribution in [-0.2, 0) is 17.4 Å². The third kappa shape index (κ3) is 3.92. The van der Waals surface area contributed by atoms with Crippen LogP contribution in [0.2, 0.25) is 0 Å². The summed E-state index contributed by atoms with van der Waals surface area (Å²) in [5.74, 6) is -0.235. The summed E-state index contributed by atoms with van der Waals surface area (Å²) in [5, 5.41) is 0. The molecule has 2 aromatic carbocycles. The second-order valence-corrected chi connectivity index (χ2v) is 4.73. The Bertz CT molecular complexity index is 606. The molecule has 2 nitrogen and oxygen atoms in total. The van der Waals surface area contributed by atoms with Crippen molar-refractivity contribution in [2.45, 2.75) is 18.6 Å². The summed E-state index contributed by atoms with van der Waals surface area (Å²) in [5.41, 5.74) is 6.33. The van der Waals surface area contributed by atoms with Gasteiger partial charge in [-0.05, 0) is 23.3 Å². The molecule has 5 heteroatoms. The van der Waals surface area contributed by atoms with Crippen LogP contribution < -0.4 is 5.73 Å². The Morgan fingerprint density at radius 1 is 1.00 bits per heavy atom. The first kappa shape index (κ1) is 15.3. The number of ketones is 1. The number of carbonyl (C=O) groups excluding carboxylic acids is 1. The zero-order valence-electron chi connectivity index (χ0n) is 11.1. The molecule has 1 unspecified atom stereocenters. The minimum absolute atomic E-state index is 0.00813. The standard InChI is InChI=1S/C16H14F3NO/c17-16(18,19)13-8-6-11(7-9-13)10-14(21)15(20)12-4-2-1-3-5-12/h1-9,15H,10,20H2. The maximum atomic E-state index is 12.4. The Morgan fingerprint density at radius 3 is 2.10 bits per heavy atom. The van der Waals surface area contributed by atoms with E-state index in [4.69, 9.17) is 5.73 Å². The molecule has 2 rings (SSSR count). The van der Waals surface area contributed by atoms with Gasteiger partial charge in [0.25, 0.3) is 0 Å². The molecule has 2 aromatic rings. The number of alkyl halides is 3. The van der Waals surface area contributed by atoms with Gasteiger partial charge in [-0.25, -0.2) is 0 Å². The van der Waals surface area contributed by atoms with Crippen LogP contribution in [0.15, 0.2) is 54.6 Å². The highest BCUT2D eigenvalue weighted by molar-refractivity contribution is 5.87. The predicted molar refractivity (Wildman–Crippen MR) is 73.5 cm³/mol. The van der Waals surface area contributed by atoms with E-state index in [1.807, 2.05) is 6.07 Å². The summed E-state index contributed by atoms with van der Waals surface area (Å²) >= 11 is 0. The van der Waals surface area contributed by atoms with Crippen molar-refractivity contribution in [2.75, 3.05) is 0 Å². The van der Waals surface area contributed by atoms with E-state index in [-0.39, 0.29) is 12.2 Å². The number of halogens is 3. The first-order valence-corrected chi connectivity index (χ1v) is 6.37. The SMILES string of the molecule is NC(C(=O)Cc1ccc(C(F)(F)F)cc1)c1ccccc1. The van der Waals surface area contributed by atoms with E-state index in [1.165, 1.54) is 12.1 Å². The van der Waals surface area contributed by atoms with Gasteiger partial charge in [-0.1, -0.05) is 42.5 Å².